The number of para-hydroxylation sites is 1. The molecule has 0 saturated heterocycles. The van der Waals surface area contributed by atoms with E-state index >= 15 is 0 Å². The second kappa shape index (κ2) is 5.68. The van der Waals surface area contributed by atoms with Crippen LogP contribution in [0.5, 0.6) is 5.75 Å². The summed E-state index contributed by atoms with van der Waals surface area (Å²) in [5.74, 6) is 0.682. The van der Waals surface area contributed by atoms with E-state index in [1.165, 1.54) is 0 Å². The van der Waals surface area contributed by atoms with Crippen LogP contribution in [0.4, 0.5) is 0 Å². The van der Waals surface area contributed by atoms with Crippen LogP contribution in [0.2, 0.25) is 0 Å². The van der Waals surface area contributed by atoms with Crippen LogP contribution < -0.4 is 15.8 Å². The summed E-state index contributed by atoms with van der Waals surface area (Å²) in [4.78, 5) is 12.0. The van der Waals surface area contributed by atoms with Crippen molar-refractivity contribution in [2.24, 2.45) is 5.73 Å². The van der Waals surface area contributed by atoms with Crippen molar-refractivity contribution in [1.29, 1.82) is 0 Å². The van der Waals surface area contributed by atoms with Gasteiger partial charge in [0.2, 0.25) is 5.91 Å². The first kappa shape index (κ1) is 14.4. The largest absolute Gasteiger partial charge is 0.490 e. The summed E-state index contributed by atoms with van der Waals surface area (Å²) in [6.07, 6.45) is 5.81. The maximum Gasteiger partial charge on any atom is 0.237 e. The van der Waals surface area contributed by atoms with Gasteiger partial charge in [-0.2, -0.15) is 0 Å². The maximum absolute atomic E-state index is 12.0. The summed E-state index contributed by atoms with van der Waals surface area (Å²) in [5, 5.41) is 3.48. The Morgan fingerprint density at radius 2 is 2.10 bits per heavy atom. The number of benzene rings is 1. The highest BCUT2D eigenvalue weighted by Crippen LogP contribution is 2.35. The summed E-state index contributed by atoms with van der Waals surface area (Å²) in [6, 6.07) is 8.49. The Bertz CT molecular complexity index is 527. The smallest absolute Gasteiger partial charge is 0.237 e. The lowest BCUT2D eigenvalue weighted by atomic mass is 9.79. The van der Waals surface area contributed by atoms with Crippen molar-refractivity contribution in [3.05, 3.63) is 29.8 Å². The maximum atomic E-state index is 12.0. The third-order valence-corrected chi connectivity index (χ3v) is 4.62. The van der Waals surface area contributed by atoms with Gasteiger partial charge in [0, 0.05) is 12.5 Å². The minimum Gasteiger partial charge on any atom is -0.490 e. The van der Waals surface area contributed by atoms with E-state index in [4.69, 9.17) is 10.5 Å². The molecule has 2 aliphatic rings. The number of ether oxygens (including phenoxy) is 1. The van der Waals surface area contributed by atoms with Gasteiger partial charge < -0.3 is 15.8 Å². The molecule has 2 fully saturated rings. The van der Waals surface area contributed by atoms with E-state index in [9.17, 15) is 4.79 Å². The molecule has 0 radical (unpaired) electrons. The second-order valence-corrected chi connectivity index (χ2v) is 6.47. The number of nitrogens with two attached hydrogens (primary N) is 1. The lowest BCUT2D eigenvalue weighted by Crippen LogP contribution is -2.60. The van der Waals surface area contributed by atoms with Crippen LogP contribution in [0.25, 0.3) is 0 Å². The number of carbonyl (C=O) groups is 1. The first-order valence-electron chi connectivity index (χ1n) is 7.89. The zero-order chi connectivity index (χ0) is 14.9. The number of nitrogens with one attached hydrogen (secondary N) is 1. The molecule has 0 heterocycles. The zero-order valence-electron chi connectivity index (χ0n) is 12.6. The lowest BCUT2D eigenvalue weighted by Gasteiger charge is -2.39. The predicted molar refractivity (Wildman–Crippen MR) is 82.1 cm³/mol. The lowest BCUT2D eigenvalue weighted by molar-refractivity contribution is -0.127. The Labute approximate surface area is 126 Å². The van der Waals surface area contributed by atoms with E-state index in [0.717, 1.165) is 43.4 Å². The molecule has 4 nitrogen and oxygen atoms in total. The molecule has 2 aliphatic carbocycles. The summed E-state index contributed by atoms with van der Waals surface area (Å²) in [6.45, 7) is 2.04. The Morgan fingerprint density at radius 3 is 2.76 bits per heavy atom. The predicted octanol–water partition coefficient (Wildman–Crippen LogP) is 2.29. The van der Waals surface area contributed by atoms with Gasteiger partial charge in [0.1, 0.15) is 17.4 Å². The molecule has 2 atom stereocenters. The fourth-order valence-electron chi connectivity index (χ4n) is 3.24. The van der Waals surface area contributed by atoms with Gasteiger partial charge in [0.25, 0.3) is 0 Å². The Balaban J connectivity index is 1.72. The molecule has 1 aromatic carbocycles. The van der Waals surface area contributed by atoms with Crippen LogP contribution >= 0.6 is 0 Å². The van der Waals surface area contributed by atoms with E-state index in [0.29, 0.717) is 12.5 Å². The minimum absolute atomic E-state index is 0.0543. The Hall–Kier alpha value is -1.55. The van der Waals surface area contributed by atoms with E-state index in [2.05, 4.69) is 5.32 Å². The molecular formula is C17H24N2O2. The quantitative estimate of drug-likeness (QED) is 0.873. The summed E-state index contributed by atoms with van der Waals surface area (Å²) in [5.41, 5.74) is 6.26. The number of rotatable bonds is 5. The van der Waals surface area contributed by atoms with Crippen LogP contribution in [-0.2, 0) is 4.79 Å². The second-order valence-electron chi connectivity index (χ2n) is 6.47. The van der Waals surface area contributed by atoms with Crippen molar-refractivity contribution in [2.75, 3.05) is 0 Å². The molecule has 0 spiro atoms. The number of aryl methyl sites for hydroxylation is 1. The molecule has 1 aromatic rings. The molecule has 3 rings (SSSR count). The van der Waals surface area contributed by atoms with Gasteiger partial charge >= 0.3 is 0 Å². The van der Waals surface area contributed by atoms with Gasteiger partial charge in [-0.25, -0.2) is 0 Å². The van der Waals surface area contributed by atoms with E-state index in [1.54, 1.807) is 0 Å². The summed E-state index contributed by atoms with van der Waals surface area (Å²) < 4.78 is 6.15. The number of hydrogen-bond donors (Lipinski definition) is 2. The van der Waals surface area contributed by atoms with Gasteiger partial charge in [-0.3, -0.25) is 4.79 Å². The molecule has 3 N–H and O–H groups in total. The van der Waals surface area contributed by atoms with Crippen LogP contribution in [0, 0.1) is 6.92 Å². The Morgan fingerprint density at radius 1 is 1.33 bits per heavy atom. The average molecular weight is 288 g/mol. The average Bonchev–Trinajstić information content (AvgIpc) is 3.25. The van der Waals surface area contributed by atoms with Crippen LogP contribution in [0.15, 0.2) is 24.3 Å². The standard InChI is InChI=1S/C17H24N2O2/c1-12-5-2-3-7-15(12)21-14-6-4-10-17(11-14,16(18)20)19-13-8-9-13/h2-3,5,7,13-14,19H,4,6,8-11H2,1H3,(H2,18,20). The number of primary amides is 1. The molecule has 4 heteroatoms. The monoisotopic (exact) mass is 288 g/mol. The third kappa shape index (κ3) is 3.21. The third-order valence-electron chi connectivity index (χ3n) is 4.62. The topological polar surface area (TPSA) is 64.3 Å². The van der Waals surface area contributed by atoms with Gasteiger partial charge in [0.15, 0.2) is 0 Å². The normalized spacial score (nSPS) is 29.1. The van der Waals surface area contributed by atoms with Crippen molar-refractivity contribution in [1.82, 2.24) is 5.32 Å². The van der Waals surface area contributed by atoms with Crippen molar-refractivity contribution < 1.29 is 9.53 Å². The summed E-state index contributed by atoms with van der Waals surface area (Å²) >= 11 is 0. The van der Waals surface area contributed by atoms with E-state index < -0.39 is 5.54 Å². The SMILES string of the molecule is Cc1ccccc1OC1CCCC(NC2CC2)(C(N)=O)C1. The van der Waals surface area contributed by atoms with Gasteiger partial charge in [0.05, 0.1) is 0 Å². The van der Waals surface area contributed by atoms with Crippen molar-refractivity contribution >= 4 is 5.91 Å². The Kier molecular flexibility index (Phi) is 3.89. The first-order chi connectivity index (χ1) is 10.1. The molecule has 2 saturated carbocycles. The molecule has 0 aliphatic heterocycles. The summed E-state index contributed by atoms with van der Waals surface area (Å²) in [7, 11) is 0. The fourth-order valence-corrected chi connectivity index (χ4v) is 3.24. The van der Waals surface area contributed by atoms with Gasteiger partial charge in [-0.1, -0.05) is 18.2 Å². The molecule has 1 amide bonds. The number of amides is 1. The van der Waals surface area contributed by atoms with Crippen LogP contribution in [0.1, 0.15) is 44.1 Å². The highest BCUT2D eigenvalue weighted by atomic mass is 16.5. The van der Waals surface area contributed by atoms with Crippen LogP contribution in [-0.4, -0.2) is 23.6 Å². The van der Waals surface area contributed by atoms with E-state index in [-0.39, 0.29) is 12.0 Å². The minimum atomic E-state index is -0.577. The molecule has 21 heavy (non-hydrogen) atoms. The van der Waals surface area contributed by atoms with Crippen molar-refractivity contribution in [3.63, 3.8) is 0 Å². The zero-order valence-corrected chi connectivity index (χ0v) is 12.6. The van der Waals surface area contributed by atoms with E-state index in [1.807, 2.05) is 31.2 Å². The number of hydrogen-bond acceptors (Lipinski definition) is 3. The molecule has 2 unspecified atom stereocenters. The molecule has 0 bridgehead atoms. The van der Waals surface area contributed by atoms with Crippen molar-refractivity contribution in [2.45, 2.75) is 63.1 Å². The number of carbonyl (C=O) groups excluding carboxylic acids is 1. The van der Waals surface area contributed by atoms with Gasteiger partial charge in [-0.05, 0) is 50.7 Å². The first-order valence-corrected chi connectivity index (χ1v) is 7.89. The van der Waals surface area contributed by atoms with Gasteiger partial charge in [-0.15, -0.1) is 0 Å². The highest BCUT2D eigenvalue weighted by molar-refractivity contribution is 5.85. The molecule has 114 valence electrons. The van der Waals surface area contributed by atoms with Crippen LogP contribution in [0.3, 0.4) is 0 Å². The highest BCUT2D eigenvalue weighted by Gasteiger charge is 2.45. The fraction of sp³-hybridized carbons (Fsp3) is 0.588. The molecule has 0 aromatic heterocycles. The molecular weight excluding hydrogens is 264 g/mol. The van der Waals surface area contributed by atoms with Crippen molar-refractivity contribution in [3.8, 4) is 5.75 Å².